The van der Waals surface area contributed by atoms with Crippen LogP contribution in [0.1, 0.15) is 5.56 Å². The van der Waals surface area contributed by atoms with Gasteiger partial charge in [-0.25, -0.2) is 0 Å². The van der Waals surface area contributed by atoms with Gasteiger partial charge in [0.1, 0.15) is 5.40 Å². The van der Waals surface area contributed by atoms with Crippen molar-refractivity contribution in [1.29, 1.82) is 5.26 Å². The molecule has 1 rings (SSSR count). The highest BCUT2D eigenvalue weighted by molar-refractivity contribution is 8.03. The van der Waals surface area contributed by atoms with Gasteiger partial charge in [-0.15, -0.1) is 11.6 Å². The lowest BCUT2D eigenvalue weighted by molar-refractivity contribution is -0.136. The molecule has 0 bridgehead atoms. The van der Waals surface area contributed by atoms with Crippen LogP contribution in [0.4, 0.5) is 5.69 Å². The highest BCUT2D eigenvalue weighted by atomic mass is 35.5. The Kier molecular flexibility index (Phi) is 7.16. The van der Waals surface area contributed by atoms with Gasteiger partial charge in [0.2, 0.25) is 0 Å². The molecule has 102 valence electrons. The topological polar surface area (TPSA) is 64.3 Å². The van der Waals surface area contributed by atoms with Crippen LogP contribution < -0.4 is 4.90 Å². The summed E-state index contributed by atoms with van der Waals surface area (Å²) in [6.07, 6.45) is 0.0278. The summed E-state index contributed by atoms with van der Waals surface area (Å²) in [6, 6.07) is 7.40. The molecule has 1 N–H and O–H groups in total. The first kappa shape index (κ1) is 15.7. The second-order valence-corrected chi connectivity index (χ2v) is 5.11. The van der Waals surface area contributed by atoms with Gasteiger partial charge in [-0.05, 0) is 29.5 Å². The van der Waals surface area contributed by atoms with Crippen molar-refractivity contribution in [2.75, 3.05) is 29.6 Å². The van der Waals surface area contributed by atoms with Crippen LogP contribution in [0, 0.1) is 10.7 Å². The third-order valence-electron chi connectivity index (χ3n) is 2.54. The number of alkyl halides is 1. The molecule has 6 heteroatoms. The van der Waals surface area contributed by atoms with E-state index in [1.165, 1.54) is 11.8 Å². The minimum Gasteiger partial charge on any atom is -0.481 e. The van der Waals surface area contributed by atoms with E-state index in [4.69, 9.17) is 22.0 Å². The molecule has 0 aliphatic heterocycles. The Hall–Kier alpha value is -1.38. The van der Waals surface area contributed by atoms with Crippen molar-refractivity contribution in [1.82, 2.24) is 0 Å². The first-order valence-corrected chi connectivity index (χ1v) is 7.32. The standard InChI is InChI=1S/C13H15ClN2O2S/c14-5-6-16(7-8-19-10-15)12-3-1-11(2-4-12)9-13(17)18/h1-4H,5-9H2,(H,17,18). The molecule has 19 heavy (non-hydrogen) atoms. The zero-order valence-electron chi connectivity index (χ0n) is 10.4. The van der Waals surface area contributed by atoms with E-state index in [0.29, 0.717) is 18.2 Å². The van der Waals surface area contributed by atoms with Crippen LogP contribution in [0.3, 0.4) is 0 Å². The van der Waals surface area contributed by atoms with Gasteiger partial charge in [0, 0.05) is 30.4 Å². The fraction of sp³-hybridized carbons (Fsp3) is 0.385. The molecule has 0 amide bonds. The molecule has 0 fully saturated rings. The minimum absolute atomic E-state index is 0.0278. The molecule has 0 atom stereocenters. The number of thiocyanates is 1. The van der Waals surface area contributed by atoms with Gasteiger partial charge >= 0.3 is 5.97 Å². The van der Waals surface area contributed by atoms with Crippen molar-refractivity contribution < 1.29 is 9.90 Å². The monoisotopic (exact) mass is 298 g/mol. The van der Waals surface area contributed by atoms with Crippen molar-refractivity contribution in [3.63, 3.8) is 0 Å². The van der Waals surface area contributed by atoms with Crippen LogP contribution in [0.15, 0.2) is 24.3 Å². The average Bonchev–Trinajstić information content (AvgIpc) is 2.38. The lowest BCUT2D eigenvalue weighted by Gasteiger charge is -2.23. The van der Waals surface area contributed by atoms with E-state index in [-0.39, 0.29) is 6.42 Å². The first-order chi connectivity index (χ1) is 9.17. The summed E-state index contributed by atoms with van der Waals surface area (Å²) in [6.45, 7) is 1.44. The second kappa shape index (κ2) is 8.68. The van der Waals surface area contributed by atoms with E-state index in [1.807, 2.05) is 29.7 Å². The van der Waals surface area contributed by atoms with E-state index in [0.717, 1.165) is 17.8 Å². The number of rotatable bonds is 8. The number of hydrogen-bond acceptors (Lipinski definition) is 4. The molecular formula is C13H15ClN2O2S. The van der Waals surface area contributed by atoms with Gasteiger partial charge in [0.05, 0.1) is 6.42 Å². The maximum Gasteiger partial charge on any atom is 0.307 e. The average molecular weight is 299 g/mol. The van der Waals surface area contributed by atoms with Crippen molar-refractivity contribution in [3.8, 4) is 5.40 Å². The van der Waals surface area contributed by atoms with Gasteiger partial charge < -0.3 is 10.0 Å². The Morgan fingerprint density at radius 3 is 2.58 bits per heavy atom. The molecule has 0 unspecified atom stereocenters. The molecule has 0 aliphatic rings. The summed E-state index contributed by atoms with van der Waals surface area (Å²) in [7, 11) is 0. The van der Waals surface area contributed by atoms with Crippen molar-refractivity contribution in [2.45, 2.75) is 6.42 Å². The number of nitrogens with zero attached hydrogens (tertiary/aromatic N) is 2. The van der Waals surface area contributed by atoms with E-state index in [1.54, 1.807) is 0 Å². The molecule has 0 saturated heterocycles. The predicted octanol–water partition coefficient (Wildman–Crippen LogP) is 2.57. The quantitative estimate of drug-likeness (QED) is 0.454. The van der Waals surface area contributed by atoms with E-state index in [2.05, 4.69) is 4.90 Å². The van der Waals surface area contributed by atoms with Crippen LogP contribution in [0.5, 0.6) is 0 Å². The number of carboxylic acid groups (broad SMARTS) is 1. The summed E-state index contributed by atoms with van der Waals surface area (Å²) < 4.78 is 0. The third-order valence-corrected chi connectivity index (χ3v) is 3.22. The number of anilines is 1. The Balaban J connectivity index is 2.68. The molecule has 0 aromatic heterocycles. The van der Waals surface area contributed by atoms with Gasteiger partial charge in [-0.3, -0.25) is 4.79 Å². The van der Waals surface area contributed by atoms with Crippen LogP contribution in [-0.2, 0) is 11.2 Å². The number of carbonyl (C=O) groups is 1. The Labute approximate surface area is 122 Å². The molecular weight excluding hydrogens is 284 g/mol. The molecule has 1 aromatic rings. The van der Waals surface area contributed by atoms with E-state index >= 15 is 0 Å². The molecule has 0 radical (unpaired) electrons. The number of halogens is 1. The number of thioether (sulfide) groups is 1. The van der Waals surface area contributed by atoms with Gasteiger partial charge in [0.25, 0.3) is 0 Å². The van der Waals surface area contributed by atoms with Crippen molar-refractivity contribution >= 4 is 35.0 Å². The van der Waals surface area contributed by atoms with Crippen LogP contribution >= 0.6 is 23.4 Å². The smallest absolute Gasteiger partial charge is 0.307 e. The second-order valence-electron chi connectivity index (χ2n) is 3.85. The van der Waals surface area contributed by atoms with Gasteiger partial charge in [-0.2, -0.15) is 5.26 Å². The SMILES string of the molecule is N#CSCCN(CCCl)c1ccc(CC(=O)O)cc1. The Bertz CT molecular complexity index is 445. The van der Waals surface area contributed by atoms with E-state index < -0.39 is 5.97 Å². The van der Waals surface area contributed by atoms with Crippen molar-refractivity contribution in [3.05, 3.63) is 29.8 Å². The summed E-state index contributed by atoms with van der Waals surface area (Å²) >= 11 is 6.98. The maximum atomic E-state index is 10.6. The van der Waals surface area contributed by atoms with E-state index in [9.17, 15) is 4.79 Å². The molecule has 0 heterocycles. The van der Waals surface area contributed by atoms with Crippen LogP contribution in [0.25, 0.3) is 0 Å². The molecule has 1 aromatic carbocycles. The molecule has 0 saturated carbocycles. The predicted molar refractivity (Wildman–Crippen MR) is 78.8 cm³/mol. The Morgan fingerprint density at radius 1 is 1.37 bits per heavy atom. The lowest BCUT2D eigenvalue weighted by Crippen LogP contribution is -2.27. The third kappa shape index (κ3) is 5.86. The number of benzene rings is 1. The number of aliphatic carboxylic acids is 1. The first-order valence-electron chi connectivity index (χ1n) is 5.80. The fourth-order valence-electron chi connectivity index (χ4n) is 1.67. The van der Waals surface area contributed by atoms with Crippen molar-refractivity contribution in [2.24, 2.45) is 0 Å². The maximum absolute atomic E-state index is 10.6. The van der Waals surface area contributed by atoms with Gasteiger partial charge in [-0.1, -0.05) is 12.1 Å². The summed E-state index contributed by atoms with van der Waals surface area (Å²) in [5, 5.41) is 19.3. The normalized spacial score (nSPS) is 9.89. The summed E-state index contributed by atoms with van der Waals surface area (Å²) in [5.41, 5.74) is 1.77. The Morgan fingerprint density at radius 2 is 2.05 bits per heavy atom. The number of carboxylic acids is 1. The highest BCUT2D eigenvalue weighted by Crippen LogP contribution is 2.16. The zero-order valence-corrected chi connectivity index (χ0v) is 12.0. The lowest BCUT2D eigenvalue weighted by atomic mass is 10.1. The van der Waals surface area contributed by atoms with Crippen LogP contribution in [-0.4, -0.2) is 35.8 Å². The summed E-state index contributed by atoms with van der Waals surface area (Å²) in [5.74, 6) is 0.383. The summed E-state index contributed by atoms with van der Waals surface area (Å²) in [4.78, 5) is 12.7. The minimum atomic E-state index is -0.837. The molecule has 0 aliphatic carbocycles. The highest BCUT2D eigenvalue weighted by Gasteiger charge is 2.07. The molecule has 4 nitrogen and oxygen atoms in total. The van der Waals surface area contributed by atoms with Gasteiger partial charge in [0.15, 0.2) is 0 Å². The van der Waals surface area contributed by atoms with Crippen LogP contribution in [0.2, 0.25) is 0 Å². The number of hydrogen-bond donors (Lipinski definition) is 1. The number of nitriles is 1. The largest absolute Gasteiger partial charge is 0.481 e. The molecule has 0 spiro atoms. The zero-order chi connectivity index (χ0) is 14.1. The fourth-order valence-corrected chi connectivity index (χ4v) is 2.28.